The number of azo groups is 1. The molecule has 1 N–H and O–H groups in total. The van der Waals surface area contributed by atoms with Gasteiger partial charge in [-0.15, -0.1) is 22.0 Å². The van der Waals surface area contributed by atoms with Gasteiger partial charge in [0.2, 0.25) is 0 Å². The number of H-pyrrole nitrogens is 1. The highest BCUT2D eigenvalue weighted by Crippen LogP contribution is 2.41. The van der Waals surface area contributed by atoms with Crippen LogP contribution in [0, 0.1) is 0 Å². The zero-order chi connectivity index (χ0) is 20.4. The summed E-state index contributed by atoms with van der Waals surface area (Å²) in [5.41, 5.74) is 3.21. The minimum absolute atomic E-state index is 0.347. The van der Waals surface area contributed by atoms with E-state index in [0.29, 0.717) is 25.8 Å². The lowest BCUT2D eigenvalue weighted by atomic mass is 10.2. The van der Waals surface area contributed by atoms with E-state index in [2.05, 4.69) is 15.2 Å². The summed E-state index contributed by atoms with van der Waals surface area (Å²) < 4.78 is 0. The highest BCUT2D eigenvalue weighted by molar-refractivity contribution is 7.98. The minimum Gasteiger partial charge on any atom is -0.348 e. The van der Waals surface area contributed by atoms with Crippen molar-refractivity contribution in [2.75, 3.05) is 0 Å². The van der Waals surface area contributed by atoms with E-state index < -0.39 is 0 Å². The Hall–Kier alpha value is -1.69. The molecule has 1 aromatic heterocycles. The fraction of sp³-hybridized carbons (Fsp3) is 0.0476. The van der Waals surface area contributed by atoms with Crippen molar-refractivity contribution in [2.24, 2.45) is 10.2 Å². The number of benzene rings is 3. The van der Waals surface area contributed by atoms with Crippen LogP contribution in [-0.4, -0.2) is 4.98 Å². The molecule has 0 spiro atoms. The van der Waals surface area contributed by atoms with E-state index >= 15 is 0 Å². The number of thioether (sulfide) groups is 1. The molecular weight excluding hydrogens is 468 g/mol. The fourth-order valence-corrected chi connectivity index (χ4v) is 4.88. The monoisotopic (exact) mass is 479 g/mol. The van der Waals surface area contributed by atoms with E-state index in [1.807, 2.05) is 48.5 Å². The Kier molecular flexibility index (Phi) is 6.38. The Balaban J connectivity index is 1.70. The number of fused-ring (bicyclic) bond motifs is 1. The van der Waals surface area contributed by atoms with Gasteiger partial charge in [0.25, 0.3) is 0 Å². The average Bonchev–Trinajstić information content (AvgIpc) is 3.03. The molecule has 3 aromatic carbocycles. The maximum atomic E-state index is 6.24. The molecule has 0 fully saturated rings. The van der Waals surface area contributed by atoms with Gasteiger partial charge in [0.15, 0.2) is 0 Å². The molecule has 0 aliphatic heterocycles. The maximum absolute atomic E-state index is 6.24. The van der Waals surface area contributed by atoms with Gasteiger partial charge < -0.3 is 4.98 Å². The molecule has 4 rings (SSSR count). The van der Waals surface area contributed by atoms with Gasteiger partial charge in [0.05, 0.1) is 10.0 Å². The van der Waals surface area contributed by atoms with Crippen molar-refractivity contribution < 1.29 is 0 Å². The molecule has 0 unspecified atom stereocenters. The SMILES string of the molecule is Clc1cccc(CSc2[nH]c3ccccc3c2N=Nc2c(Cl)cc(Cl)cc2Cl)c1. The van der Waals surface area contributed by atoms with E-state index in [-0.39, 0.29) is 0 Å². The van der Waals surface area contributed by atoms with Gasteiger partial charge in [-0.25, -0.2) is 0 Å². The Bertz CT molecular complexity index is 1200. The zero-order valence-electron chi connectivity index (χ0n) is 14.8. The molecule has 4 aromatic rings. The van der Waals surface area contributed by atoms with Crippen molar-refractivity contribution in [1.29, 1.82) is 0 Å². The lowest BCUT2D eigenvalue weighted by molar-refractivity contribution is 1.15. The summed E-state index contributed by atoms with van der Waals surface area (Å²) in [5, 5.41) is 12.5. The van der Waals surface area contributed by atoms with Crippen LogP contribution in [0.2, 0.25) is 20.1 Å². The van der Waals surface area contributed by atoms with Crippen molar-refractivity contribution in [3.05, 3.63) is 86.3 Å². The highest BCUT2D eigenvalue weighted by atomic mass is 35.5. The minimum atomic E-state index is 0.347. The molecular formula is C21H13Cl4N3S. The Labute approximate surface area is 192 Å². The smallest absolute Gasteiger partial charge is 0.125 e. The lowest BCUT2D eigenvalue weighted by Gasteiger charge is -2.03. The number of hydrogen-bond acceptors (Lipinski definition) is 3. The van der Waals surface area contributed by atoms with Crippen LogP contribution >= 0.6 is 58.2 Å². The number of halogens is 4. The Morgan fingerprint density at radius 2 is 1.48 bits per heavy atom. The third kappa shape index (κ3) is 4.73. The molecule has 0 aliphatic rings. The van der Waals surface area contributed by atoms with Crippen LogP contribution in [-0.2, 0) is 5.75 Å². The van der Waals surface area contributed by atoms with Crippen molar-refractivity contribution >= 4 is 80.4 Å². The second-order valence-electron chi connectivity index (χ2n) is 6.18. The maximum Gasteiger partial charge on any atom is 0.125 e. The van der Waals surface area contributed by atoms with E-state index in [9.17, 15) is 0 Å². The first-order valence-electron chi connectivity index (χ1n) is 8.55. The molecule has 0 radical (unpaired) electrons. The van der Waals surface area contributed by atoms with Crippen molar-refractivity contribution in [1.82, 2.24) is 4.98 Å². The third-order valence-electron chi connectivity index (χ3n) is 4.15. The normalized spacial score (nSPS) is 11.6. The first-order valence-corrected chi connectivity index (χ1v) is 11.1. The van der Waals surface area contributed by atoms with Crippen LogP contribution in [0.25, 0.3) is 10.9 Å². The zero-order valence-corrected chi connectivity index (χ0v) is 18.6. The van der Waals surface area contributed by atoms with E-state index in [1.165, 1.54) is 0 Å². The van der Waals surface area contributed by atoms with Crippen LogP contribution in [0.1, 0.15) is 5.56 Å². The summed E-state index contributed by atoms with van der Waals surface area (Å²) >= 11 is 26.2. The number of nitrogens with zero attached hydrogens (tertiary/aromatic N) is 2. The van der Waals surface area contributed by atoms with Crippen molar-refractivity contribution in [3.63, 3.8) is 0 Å². The molecule has 0 aliphatic carbocycles. The number of aromatic amines is 1. The van der Waals surface area contributed by atoms with Gasteiger partial charge in [-0.05, 0) is 35.9 Å². The second kappa shape index (κ2) is 8.99. The predicted octanol–water partition coefficient (Wildman–Crippen LogP) is 9.49. The van der Waals surface area contributed by atoms with Crippen LogP contribution in [0.4, 0.5) is 11.4 Å². The van der Waals surface area contributed by atoms with E-state index in [0.717, 1.165) is 32.9 Å². The summed E-state index contributed by atoms with van der Waals surface area (Å²) in [6, 6.07) is 18.9. The summed E-state index contributed by atoms with van der Waals surface area (Å²) in [5.74, 6) is 0.734. The van der Waals surface area contributed by atoms with Gasteiger partial charge in [0, 0.05) is 26.7 Å². The summed E-state index contributed by atoms with van der Waals surface area (Å²) in [7, 11) is 0. The van der Waals surface area contributed by atoms with E-state index in [1.54, 1.807) is 23.9 Å². The van der Waals surface area contributed by atoms with Crippen molar-refractivity contribution in [2.45, 2.75) is 10.8 Å². The lowest BCUT2D eigenvalue weighted by Crippen LogP contribution is -1.80. The largest absolute Gasteiger partial charge is 0.348 e. The molecule has 0 atom stereocenters. The predicted molar refractivity (Wildman–Crippen MR) is 125 cm³/mol. The summed E-state index contributed by atoms with van der Waals surface area (Å²) in [4.78, 5) is 3.41. The molecule has 8 heteroatoms. The quantitative estimate of drug-likeness (QED) is 0.224. The molecule has 0 bridgehead atoms. The van der Waals surface area contributed by atoms with Gasteiger partial charge in [0.1, 0.15) is 16.4 Å². The van der Waals surface area contributed by atoms with Crippen LogP contribution in [0.3, 0.4) is 0 Å². The van der Waals surface area contributed by atoms with Crippen LogP contribution in [0.5, 0.6) is 0 Å². The van der Waals surface area contributed by atoms with Gasteiger partial charge >= 0.3 is 0 Å². The standard InChI is InChI=1S/C21H13Cl4N3S/c22-13-5-3-4-12(8-13)11-29-21-19(15-6-1-2-7-18(15)26-21)27-28-20-16(24)9-14(23)10-17(20)25/h1-10,26H,11H2. The fourth-order valence-electron chi connectivity index (χ4n) is 2.82. The molecule has 0 amide bonds. The molecule has 1 heterocycles. The molecule has 146 valence electrons. The van der Waals surface area contributed by atoms with Crippen molar-refractivity contribution in [3.8, 4) is 0 Å². The average molecular weight is 481 g/mol. The number of aromatic nitrogens is 1. The number of hydrogen-bond donors (Lipinski definition) is 1. The number of rotatable bonds is 5. The summed E-state index contributed by atoms with van der Waals surface area (Å²) in [6.07, 6.45) is 0. The van der Waals surface area contributed by atoms with Gasteiger partial charge in [-0.2, -0.15) is 0 Å². The highest BCUT2D eigenvalue weighted by Gasteiger charge is 2.13. The van der Waals surface area contributed by atoms with E-state index in [4.69, 9.17) is 46.4 Å². The molecule has 0 saturated heterocycles. The first-order chi connectivity index (χ1) is 14.0. The van der Waals surface area contributed by atoms with Crippen LogP contribution < -0.4 is 0 Å². The Morgan fingerprint density at radius 1 is 0.759 bits per heavy atom. The van der Waals surface area contributed by atoms with Gasteiger partial charge in [-0.1, -0.05) is 76.7 Å². The summed E-state index contributed by atoms with van der Waals surface area (Å²) in [6.45, 7) is 0. The third-order valence-corrected chi connectivity index (χ3v) is 6.24. The second-order valence-corrected chi connectivity index (χ2v) is 8.86. The molecule has 29 heavy (non-hydrogen) atoms. The Morgan fingerprint density at radius 3 is 2.24 bits per heavy atom. The molecule has 3 nitrogen and oxygen atoms in total. The topological polar surface area (TPSA) is 40.5 Å². The molecule has 0 saturated carbocycles. The van der Waals surface area contributed by atoms with Crippen LogP contribution in [0.15, 0.2) is 75.9 Å². The van der Waals surface area contributed by atoms with Gasteiger partial charge in [-0.3, -0.25) is 0 Å². The first kappa shape index (κ1) is 20.6. The number of para-hydroxylation sites is 1. The number of nitrogens with one attached hydrogen (secondary N) is 1.